The highest BCUT2D eigenvalue weighted by Gasteiger charge is 2.37. The molecule has 0 saturated carbocycles. The molecule has 6 heteroatoms. The second-order valence-corrected chi connectivity index (χ2v) is 7.19. The Morgan fingerprint density at radius 2 is 2.00 bits per heavy atom. The Balaban J connectivity index is 2.86. The number of hydrogen-bond acceptors (Lipinski definition) is 4. The van der Waals surface area contributed by atoms with E-state index in [4.69, 9.17) is 0 Å². The van der Waals surface area contributed by atoms with Crippen LogP contribution in [0.2, 0.25) is 0 Å². The molecule has 0 aliphatic carbocycles. The molecule has 0 aromatic carbocycles. The summed E-state index contributed by atoms with van der Waals surface area (Å²) in [5.74, 6) is 0.198. The van der Waals surface area contributed by atoms with E-state index in [1.54, 1.807) is 4.31 Å². The Labute approximate surface area is 98.8 Å². The first-order valence-corrected chi connectivity index (χ1v) is 7.22. The largest absolute Gasteiger partial charge is 0.314 e. The van der Waals surface area contributed by atoms with Gasteiger partial charge in [0, 0.05) is 31.7 Å². The maximum Gasteiger partial charge on any atom is 0.215 e. The minimum Gasteiger partial charge on any atom is -0.314 e. The molecule has 1 aliphatic rings. The lowest BCUT2D eigenvalue weighted by molar-refractivity contribution is 0.211. The van der Waals surface area contributed by atoms with Crippen LogP contribution in [0.3, 0.4) is 0 Å². The average molecular weight is 249 g/mol. The Hall–Kier alpha value is -0.170. The van der Waals surface area contributed by atoms with Gasteiger partial charge in [0.2, 0.25) is 10.0 Å². The standard InChI is InChI=1S/C10H23N3O2S/c1-10(2)9-11-5-8-16(14,15)13(10)7-6-12(3)4/h11H,5-9H2,1-4H3. The molecule has 1 saturated heterocycles. The second-order valence-electron chi connectivity index (χ2n) is 5.18. The average Bonchev–Trinajstić information content (AvgIpc) is 2.20. The summed E-state index contributed by atoms with van der Waals surface area (Å²) in [6.45, 7) is 6.51. The highest BCUT2D eigenvalue weighted by atomic mass is 32.2. The minimum absolute atomic E-state index is 0.198. The van der Waals surface area contributed by atoms with E-state index in [0.29, 0.717) is 19.6 Å². The van der Waals surface area contributed by atoms with E-state index in [9.17, 15) is 8.42 Å². The van der Waals surface area contributed by atoms with Crippen molar-refractivity contribution in [1.29, 1.82) is 0 Å². The zero-order valence-electron chi connectivity index (χ0n) is 10.7. The van der Waals surface area contributed by atoms with E-state index in [1.165, 1.54) is 0 Å². The fraction of sp³-hybridized carbons (Fsp3) is 1.00. The van der Waals surface area contributed by atoms with Crippen molar-refractivity contribution in [2.75, 3.05) is 46.0 Å². The van der Waals surface area contributed by atoms with Gasteiger partial charge in [-0.15, -0.1) is 0 Å². The van der Waals surface area contributed by atoms with Gasteiger partial charge in [-0.2, -0.15) is 4.31 Å². The number of likely N-dealkylation sites (N-methyl/N-ethyl adjacent to an activating group) is 1. The molecule has 0 aromatic heterocycles. The zero-order chi connectivity index (χ0) is 12.4. The molecule has 0 spiro atoms. The summed E-state index contributed by atoms with van der Waals surface area (Å²) in [6.07, 6.45) is 0. The first-order valence-electron chi connectivity index (χ1n) is 5.62. The smallest absolute Gasteiger partial charge is 0.215 e. The topological polar surface area (TPSA) is 52.6 Å². The maximum atomic E-state index is 12.1. The van der Waals surface area contributed by atoms with Gasteiger partial charge in [0.25, 0.3) is 0 Å². The Kier molecular flexibility index (Phi) is 4.34. The van der Waals surface area contributed by atoms with Crippen LogP contribution in [0.25, 0.3) is 0 Å². The summed E-state index contributed by atoms with van der Waals surface area (Å²) in [5, 5.41) is 3.18. The number of rotatable bonds is 3. The van der Waals surface area contributed by atoms with E-state index >= 15 is 0 Å². The van der Waals surface area contributed by atoms with Gasteiger partial charge in [0.15, 0.2) is 0 Å². The van der Waals surface area contributed by atoms with Crippen LogP contribution in [-0.4, -0.2) is 69.2 Å². The minimum atomic E-state index is -3.12. The molecule has 1 rings (SSSR count). The molecule has 1 N–H and O–H groups in total. The van der Waals surface area contributed by atoms with Crippen LogP contribution in [0.1, 0.15) is 13.8 Å². The quantitative estimate of drug-likeness (QED) is 0.737. The van der Waals surface area contributed by atoms with Crippen molar-refractivity contribution in [3.8, 4) is 0 Å². The van der Waals surface area contributed by atoms with Gasteiger partial charge >= 0.3 is 0 Å². The summed E-state index contributed by atoms with van der Waals surface area (Å²) in [7, 11) is 0.789. The van der Waals surface area contributed by atoms with Gasteiger partial charge in [-0.25, -0.2) is 8.42 Å². The van der Waals surface area contributed by atoms with Crippen LogP contribution in [-0.2, 0) is 10.0 Å². The number of hydrogen-bond donors (Lipinski definition) is 1. The fourth-order valence-corrected chi connectivity index (χ4v) is 3.70. The van der Waals surface area contributed by atoms with Crippen LogP contribution < -0.4 is 5.32 Å². The van der Waals surface area contributed by atoms with Crippen LogP contribution in [0.5, 0.6) is 0 Å². The molecule has 0 atom stereocenters. The third kappa shape index (κ3) is 3.41. The van der Waals surface area contributed by atoms with Crippen molar-refractivity contribution in [2.45, 2.75) is 19.4 Å². The van der Waals surface area contributed by atoms with Crippen molar-refractivity contribution in [2.24, 2.45) is 0 Å². The first-order chi connectivity index (χ1) is 7.26. The van der Waals surface area contributed by atoms with Gasteiger partial charge in [-0.05, 0) is 27.9 Å². The van der Waals surface area contributed by atoms with Crippen LogP contribution >= 0.6 is 0 Å². The Morgan fingerprint density at radius 1 is 1.38 bits per heavy atom. The van der Waals surface area contributed by atoms with Gasteiger partial charge < -0.3 is 10.2 Å². The normalized spacial score (nSPS) is 25.6. The Bertz CT molecular complexity index is 325. The van der Waals surface area contributed by atoms with Crippen molar-refractivity contribution < 1.29 is 8.42 Å². The summed E-state index contributed by atoms with van der Waals surface area (Å²) in [6, 6.07) is 0. The third-order valence-corrected chi connectivity index (χ3v) is 4.92. The Morgan fingerprint density at radius 3 is 2.56 bits per heavy atom. The third-order valence-electron chi connectivity index (χ3n) is 2.86. The van der Waals surface area contributed by atoms with E-state index in [0.717, 1.165) is 6.54 Å². The highest BCUT2D eigenvalue weighted by Crippen LogP contribution is 2.20. The van der Waals surface area contributed by atoms with E-state index < -0.39 is 10.0 Å². The molecule has 0 aromatic rings. The number of sulfonamides is 1. The van der Waals surface area contributed by atoms with Gasteiger partial charge in [0.05, 0.1) is 5.75 Å². The molecule has 1 fully saturated rings. The fourth-order valence-electron chi connectivity index (χ4n) is 1.90. The molecule has 0 amide bonds. The van der Waals surface area contributed by atoms with Crippen LogP contribution in [0.15, 0.2) is 0 Å². The molecule has 0 bridgehead atoms. The van der Waals surface area contributed by atoms with E-state index in [1.807, 2.05) is 32.8 Å². The summed E-state index contributed by atoms with van der Waals surface area (Å²) in [4.78, 5) is 2.00. The summed E-state index contributed by atoms with van der Waals surface area (Å²) in [5.41, 5.74) is -0.342. The molecule has 96 valence electrons. The monoisotopic (exact) mass is 249 g/mol. The first kappa shape index (κ1) is 13.9. The van der Waals surface area contributed by atoms with Crippen molar-refractivity contribution >= 4 is 10.0 Å². The summed E-state index contributed by atoms with van der Waals surface area (Å²) >= 11 is 0. The SMILES string of the molecule is CN(C)CCN1C(C)(C)CNCCS1(=O)=O. The zero-order valence-corrected chi connectivity index (χ0v) is 11.5. The second kappa shape index (κ2) is 5.00. The number of nitrogens with zero attached hydrogens (tertiary/aromatic N) is 2. The maximum absolute atomic E-state index is 12.1. The lowest BCUT2D eigenvalue weighted by Crippen LogP contribution is -2.52. The summed E-state index contributed by atoms with van der Waals surface area (Å²) < 4.78 is 25.8. The van der Waals surface area contributed by atoms with Crippen molar-refractivity contribution in [1.82, 2.24) is 14.5 Å². The highest BCUT2D eigenvalue weighted by molar-refractivity contribution is 7.89. The molecule has 0 radical (unpaired) electrons. The van der Waals surface area contributed by atoms with E-state index in [2.05, 4.69) is 5.32 Å². The van der Waals surface area contributed by atoms with Gasteiger partial charge in [-0.3, -0.25) is 0 Å². The van der Waals surface area contributed by atoms with Gasteiger partial charge in [-0.1, -0.05) is 0 Å². The number of nitrogens with one attached hydrogen (secondary N) is 1. The predicted molar refractivity (Wildman–Crippen MR) is 66.0 cm³/mol. The molecule has 1 aliphatic heterocycles. The lowest BCUT2D eigenvalue weighted by Gasteiger charge is -2.36. The predicted octanol–water partition coefficient (Wildman–Crippen LogP) is -0.438. The molecule has 1 heterocycles. The molecule has 5 nitrogen and oxygen atoms in total. The van der Waals surface area contributed by atoms with Crippen LogP contribution in [0.4, 0.5) is 0 Å². The molecule has 16 heavy (non-hydrogen) atoms. The molecule has 0 unspecified atom stereocenters. The van der Waals surface area contributed by atoms with E-state index in [-0.39, 0.29) is 11.3 Å². The van der Waals surface area contributed by atoms with Gasteiger partial charge in [0.1, 0.15) is 0 Å². The van der Waals surface area contributed by atoms with Crippen molar-refractivity contribution in [3.05, 3.63) is 0 Å². The molecular weight excluding hydrogens is 226 g/mol. The van der Waals surface area contributed by atoms with Crippen molar-refractivity contribution in [3.63, 3.8) is 0 Å². The lowest BCUT2D eigenvalue weighted by atomic mass is 10.1. The molecular formula is C10H23N3O2S. The van der Waals surface area contributed by atoms with Crippen LogP contribution in [0, 0.1) is 0 Å².